The van der Waals surface area contributed by atoms with Crippen LogP contribution < -0.4 is 15.8 Å². The van der Waals surface area contributed by atoms with E-state index in [2.05, 4.69) is 15.3 Å². The average molecular weight is 480 g/mol. The molecule has 26 heavy (non-hydrogen) atoms. The zero-order chi connectivity index (χ0) is 18.4. The van der Waals surface area contributed by atoms with E-state index in [4.69, 9.17) is 10.5 Å². The molecule has 0 aliphatic heterocycles. The topological polar surface area (TPSA) is 72.5 Å². The second-order valence-corrected chi connectivity index (χ2v) is 5.42. The Kier molecular flexibility index (Phi) is 8.12. The number of ether oxygens (including phenoxy) is 1. The second kappa shape index (κ2) is 9.60. The van der Waals surface area contributed by atoms with Crippen LogP contribution in [0.15, 0.2) is 41.5 Å². The lowest BCUT2D eigenvalue weighted by Gasteiger charge is -2.09. The van der Waals surface area contributed by atoms with Crippen LogP contribution >= 0.6 is 24.0 Å². The smallest absolute Gasteiger partial charge is 0.417 e. The van der Waals surface area contributed by atoms with Crippen LogP contribution in [0.5, 0.6) is 5.88 Å². The van der Waals surface area contributed by atoms with Gasteiger partial charge in [0.1, 0.15) is 6.61 Å². The van der Waals surface area contributed by atoms with Crippen molar-refractivity contribution < 1.29 is 17.9 Å². The summed E-state index contributed by atoms with van der Waals surface area (Å²) in [6.07, 6.45) is -3.68. The predicted octanol–water partition coefficient (Wildman–Crippen LogP) is 4.14. The number of nitrogens with two attached hydrogens (primary N) is 1. The summed E-state index contributed by atoms with van der Waals surface area (Å²) in [5.41, 5.74) is 8.11. The van der Waals surface area contributed by atoms with Gasteiger partial charge in [0, 0.05) is 18.0 Å². The van der Waals surface area contributed by atoms with Gasteiger partial charge in [-0.05, 0) is 43.2 Å². The third-order valence-electron chi connectivity index (χ3n) is 3.47. The Morgan fingerprint density at radius 1 is 1.19 bits per heavy atom. The molecule has 1 aromatic carbocycles. The molecule has 0 saturated heterocycles. The molecule has 0 bridgehead atoms. The largest absolute Gasteiger partial charge is 0.476 e. The Morgan fingerprint density at radius 3 is 2.50 bits per heavy atom. The summed E-state index contributed by atoms with van der Waals surface area (Å²) in [5.74, 6) is 0.330. The normalized spacial score (nSPS) is 11.7. The number of hydrogen-bond donors (Lipinski definition) is 2. The number of anilines is 1. The van der Waals surface area contributed by atoms with Crippen molar-refractivity contribution in [1.29, 1.82) is 0 Å². The van der Waals surface area contributed by atoms with Gasteiger partial charge in [-0.25, -0.2) is 9.98 Å². The van der Waals surface area contributed by atoms with Crippen molar-refractivity contribution in [2.45, 2.75) is 20.0 Å². The standard InChI is InChI=1S/C17H19F3N4O.HI/c1-11-3-5-14(9-12(11)2)24-16(21)22-7-8-25-15-6-4-13(10-23-15)17(18,19)20;/h3-6,9-10H,7-8H2,1-2H3,(H3,21,22,24);1H. The first-order chi connectivity index (χ1) is 11.8. The first-order valence-electron chi connectivity index (χ1n) is 7.56. The molecule has 0 amide bonds. The summed E-state index contributed by atoms with van der Waals surface area (Å²) in [6, 6.07) is 7.92. The van der Waals surface area contributed by atoms with E-state index in [0.717, 1.165) is 23.5 Å². The van der Waals surface area contributed by atoms with Gasteiger partial charge in [0.2, 0.25) is 5.88 Å². The zero-order valence-corrected chi connectivity index (χ0v) is 16.6. The lowest BCUT2D eigenvalue weighted by molar-refractivity contribution is -0.137. The molecular weight excluding hydrogens is 460 g/mol. The Labute approximate surface area is 166 Å². The molecule has 0 aliphatic carbocycles. The van der Waals surface area contributed by atoms with E-state index in [9.17, 15) is 13.2 Å². The molecule has 0 unspecified atom stereocenters. The molecule has 142 valence electrons. The monoisotopic (exact) mass is 480 g/mol. The van der Waals surface area contributed by atoms with E-state index < -0.39 is 11.7 Å². The Bertz CT molecular complexity index is 749. The number of rotatable bonds is 5. The summed E-state index contributed by atoms with van der Waals surface area (Å²) >= 11 is 0. The average Bonchev–Trinajstić information content (AvgIpc) is 2.55. The maximum Gasteiger partial charge on any atom is 0.417 e. The van der Waals surface area contributed by atoms with Crippen LogP contribution in [0.2, 0.25) is 0 Å². The van der Waals surface area contributed by atoms with Crippen LogP contribution in [-0.2, 0) is 6.18 Å². The number of aliphatic imine (C=N–C) groups is 1. The minimum Gasteiger partial charge on any atom is -0.476 e. The molecule has 0 radical (unpaired) electrons. The van der Waals surface area contributed by atoms with Crippen LogP contribution in [0.4, 0.5) is 18.9 Å². The Balaban J connectivity index is 0.00000338. The van der Waals surface area contributed by atoms with Gasteiger partial charge in [0.05, 0.1) is 12.1 Å². The van der Waals surface area contributed by atoms with Gasteiger partial charge in [-0.1, -0.05) is 6.07 Å². The maximum absolute atomic E-state index is 12.4. The van der Waals surface area contributed by atoms with Gasteiger partial charge >= 0.3 is 6.18 Å². The fraction of sp³-hybridized carbons (Fsp3) is 0.294. The molecule has 2 aromatic rings. The third-order valence-corrected chi connectivity index (χ3v) is 3.47. The summed E-state index contributed by atoms with van der Waals surface area (Å²) in [4.78, 5) is 7.70. The maximum atomic E-state index is 12.4. The van der Waals surface area contributed by atoms with Crippen LogP contribution in [0.1, 0.15) is 16.7 Å². The van der Waals surface area contributed by atoms with E-state index in [1.54, 1.807) is 0 Å². The first-order valence-corrected chi connectivity index (χ1v) is 7.56. The molecule has 1 aromatic heterocycles. The van der Waals surface area contributed by atoms with E-state index in [1.807, 2.05) is 32.0 Å². The van der Waals surface area contributed by atoms with E-state index >= 15 is 0 Å². The molecule has 0 atom stereocenters. The predicted molar refractivity (Wildman–Crippen MR) is 106 cm³/mol. The van der Waals surface area contributed by atoms with Crippen molar-refractivity contribution in [3.63, 3.8) is 0 Å². The van der Waals surface area contributed by atoms with Crippen LogP contribution in [-0.4, -0.2) is 24.1 Å². The molecule has 0 aliphatic rings. The SMILES string of the molecule is Cc1ccc(NC(N)=NCCOc2ccc(C(F)(F)F)cn2)cc1C.I. The molecule has 2 rings (SSSR count). The molecule has 5 nitrogen and oxygen atoms in total. The number of nitrogens with one attached hydrogen (secondary N) is 1. The molecule has 3 N–H and O–H groups in total. The number of benzene rings is 1. The van der Waals surface area contributed by atoms with Gasteiger partial charge in [0.25, 0.3) is 0 Å². The Morgan fingerprint density at radius 2 is 1.92 bits per heavy atom. The number of pyridine rings is 1. The molecule has 1 heterocycles. The van der Waals surface area contributed by atoms with Crippen molar-refractivity contribution in [2.75, 3.05) is 18.5 Å². The summed E-state index contributed by atoms with van der Waals surface area (Å²) in [7, 11) is 0. The lowest BCUT2D eigenvalue weighted by Crippen LogP contribution is -2.23. The lowest BCUT2D eigenvalue weighted by atomic mass is 10.1. The zero-order valence-electron chi connectivity index (χ0n) is 14.3. The molecule has 0 spiro atoms. The number of aryl methyl sites for hydroxylation is 2. The van der Waals surface area contributed by atoms with Gasteiger partial charge in [0.15, 0.2) is 5.96 Å². The fourth-order valence-corrected chi connectivity index (χ4v) is 1.96. The first kappa shape index (κ1) is 22.0. The summed E-state index contributed by atoms with van der Waals surface area (Å²) < 4.78 is 42.5. The van der Waals surface area contributed by atoms with Crippen LogP contribution in [0, 0.1) is 13.8 Å². The molecular formula is C17H20F3IN4O. The third kappa shape index (κ3) is 6.70. The van der Waals surface area contributed by atoms with Gasteiger partial charge in [-0.2, -0.15) is 13.2 Å². The van der Waals surface area contributed by atoms with Gasteiger partial charge < -0.3 is 15.8 Å². The number of alkyl halides is 3. The quantitative estimate of drug-likeness (QED) is 0.292. The Hall–Kier alpha value is -2.04. The highest BCUT2D eigenvalue weighted by atomic mass is 127. The van der Waals surface area contributed by atoms with Gasteiger partial charge in [-0.3, -0.25) is 0 Å². The fourth-order valence-electron chi connectivity index (χ4n) is 1.96. The second-order valence-electron chi connectivity index (χ2n) is 5.42. The van der Waals surface area contributed by atoms with E-state index in [-0.39, 0.29) is 49.0 Å². The van der Waals surface area contributed by atoms with Crippen molar-refractivity contribution in [3.05, 3.63) is 53.2 Å². The minimum absolute atomic E-state index is 0. The van der Waals surface area contributed by atoms with Crippen LogP contribution in [0.3, 0.4) is 0 Å². The minimum atomic E-state index is -4.41. The number of aromatic nitrogens is 1. The van der Waals surface area contributed by atoms with Crippen molar-refractivity contribution in [1.82, 2.24) is 4.98 Å². The summed E-state index contributed by atoms with van der Waals surface area (Å²) in [6.45, 7) is 4.40. The van der Waals surface area contributed by atoms with Gasteiger partial charge in [-0.15, -0.1) is 24.0 Å². The van der Waals surface area contributed by atoms with E-state index in [1.165, 1.54) is 11.6 Å². The number of hydrogen-bond acceptors (Lipinski definition) is 3. The highest BCUT2D eigenvalue weighted by Crippen LogP contribution is 2.29. The molecule has 0 saturated carbocycles. The van der Waals surface area contributed by atoms with Crippen LogP contribution in [0.25, 0.3) is 0 Å². The number of guanidine groups is 1. The number of halogens is 4. The van der Waals surface area contributed by atoms with Crippen molar-refractivity contribution >= 4 is 35.6 Å². The highest BCUT2D eigenvalue weighted by Gasteiger charge is 2.30. The van der Waals surface area contributed by atoms with Crippen molar-refractivity contribution in [3.8, 4) is 5.88 Å². The number of nitrogens with zero attached hydrogens (tertiary/aromatic N) is 2. The van der Waals surface area contributed by atoms with Crippen molar-refractivity contribution in [2.24, 2.45) is 10.7 Å². The summed E-state index contributed by atoms with van der Waals surface area (Å²) in [5, 5.41) is 2.96. The highest BCUT2D eigenvalue weighted by molar-refractivity contribution is 14.0. The van der Waals surface area contributed by atoms with E-state index in [0.29, 0.717) is 0 Å². The molecule has 0 fully saturated rings. The molecule has 9 heteroatoms.